The summed E-state index contributed by atoms with van der Waals surface area (Å²) in [7, 11) is 0. The molecule has 1 aromatic carbocycles. The average molecular weight is 354 g/mol. The highest BCUT2D eigenvalue weighted by Crippen LogP contribution is 2.29. The number of amidine groups is 1. The smallest absolute Gasteiger partial charge is 0.128 e. The van der Waals surface area contributed by atoms with Gasteiger partial charge in [0.2, 0.25) is 0 Å². The van der Waals surface area contributed by atoms with Crippen LogP contribution in [0.25, 0.3) is 0 Å². The van der Waals surface area contributed by atoms with Crippen molar-refractivity contribution < 1.29 is 4.39 Å². The number of halogens is 1. The Hall–Kier alpha value is -2.30. The van der Waals surface area contributed by atoms with Crippen LogP contribution in [-0.4, -0.2) is 40.8 Å². The molecule has 1 unspecified atom stereocenters. The molecule has 0 radical (unpaired) electrons. The van der Waals surface area contributed by atoms with Gasteiger partial charge in [0.15, 0.2) is 0 Å². The van der Waals surface area contributed by atoms with Crippen LogP contribution in [0.3, 0.4) is 0 Å². The Kier molecular flexibility index (Phi) is 4.70. The van der Waals surface area contributed by atoms with Crippen LogP contribution in [-0.2, 0) is 6.54 Å². The van der Waals surface area contributed by atoms with Gasteiger partial charge in [-0.2, -0.15) is 0 Å². The molecule has 1 saturated carbocycles. The van der Waals surface area contributed by atoms with Gasteiger partial charge in [-0.15, -0.1) is 0 Å². The number of aliphatic imine (C=N–C) groups is 1. The summed E-state index contributed by atoms with van der Waals surface area (Å²) in [5.74, 6) is 1.46. The molecule has 4 nitrogen and oxygen atoms in total. The van der Waals surface area contributed by atoms with E-state index in [0.29, 0.717) is 35.6 Å². The maximum atomic E-state index is 14.7. The Labute approximate surface area is 154 Å². The van der Waals surface area contributed by atoms with Crippen molar-refractivity contribution in [1.82, 2.24) is 9.80 Å². The molecule has 1 aromatic rings. The summed E-state index contributed by atoms with van der Waals surface area (Å²) < 4.78 is 14.7. The summed E-state index contributed by atoms with van der Waals surface area (Å²) in [5.41, 5.74) is 7.39. The number of nitrogens with zero attached hydrogens (tertiary/aromatic N) is 3. The second kappa shape index (κ2) is 7.14. The van der Waals surface area contributed by atoms with Crippen LogP contribution in [0.2, 0.25) is 0 Å². The summed E-state index contributed by atoms with van der Waals surface area (Å²) in [6, 6.07) is 6.08. The van der Waals surface area contributed by atoms with E-state index in [2.05, 4.69) is 39.9 Å². The minimum atomic E-state index is -0.202. The van der Waals surface area contributed by atoms with Crippen LogP contribution >= 0.6 is 0 Å². The van der Waals surface area contributed by atoms with Crippen molar-refractivity contribution >= 4 is 5.84 Å². The molecule has 2 aliphatic heterocycles. The van der Waals surface area contributed by atoms with Crippen LogP contribution in [0.15, 0.2) is 47.2 Å². The highest BCUT2D eigenvalue weighted by atomic mass is 19.1. The second-order valence-electron chi connectivity index (χ2n) is 7.43. The molecule has 3 aliphatic rings. The zero-order chi connectivity index (χ0) is 18.1. The van der Waals surface area contributed by atoms with E-state index in [1.165, 1.54) is 18.3 Å². The number of hydrogen-bond acceptors (Lipinski definition) is 3. The van der Waals surface area contributed by atoms with E-state index in [1.807, 2.05) is 12.1 Å². The summed E-state index contributed by atoms with van der Waals surface area (Å²) in [5, 5.41) is 0. The molecule has 0 amide bonds. The minimum Gasteiger partial charge on any atom is -0.383 e. The number of hydrogen-bond donors (Lipinski definition) is 1. The van der Waals surface area contributed by atoms with Crippen molar-refractivity contribution in [1.29, 1.82) is 0 Å². The number of allylic oxidation sites excluding steroid dienone is 2. The van der Waals surface area contributed by atoms with E-state index >= 15 is 0 Å². The zero-order valence-corrected chi connectivity index (χ0v) is 15.4. The SMILES string of the molecule is CCCC1C=CC=C2N(Cc3ccc(C(N)=NC4CC4)cc3F)CCN21. The first-order valence-corrected chi connectivity index (χ1v) is 9.68. The molecule has 2 heterocycles. The van der Waals surface area contributed by atoms with Crippen LogP contribution in [0.4, 0.5) is 4.39 Å². The van der Waals surface area contributed by atoms with Gasteiger partial charge in [-0.3, -0.25) is 4.99 Å². The van der Waals surface area contributed by atoms with Crippen molar-refractivity contribution in [3.63, 3.8) is 0 Å². The lowest BCUT2D eigenvalue weighted by molar-refractivity contribution is 0.278. The van der Waals surface area contributed by atoms with Crippen molar-refractivity contribution in [3.8, 4) is 0 Å². The summed E-state index contributed by atoms with van der Waals surface area (Å²) in [6.45, 7) is 4.73. The normalized spacial score (nSPS) is 22.6. The first-order valence-electron chi connectivity index (χ1n) is 9.68. The van der Waals surface area contributed by atoms with E-state index in [-0.39, 0.29) is 5.82 Å². The monoisotopic (exact) mass is 354 g/mol. The van der Waals surface area contributed by atoms with Crippen LogP contribution in [0, 0.1) is 5.82 Å². The van der Waals surface area contributed by atoms with Gasteiger partial charge in [-0.05, 0) is 31.4 Å². The fraction of sp³-hybridized carbons (Fsp3) is 0.476. The molecule has 1 atom stereocenters. The number of nitrogens with two attached hydrogens (primary N) is 1. The third-order valence-corrected chi connectivity index (χ3v) is 5.37. The molecule has 1 saturated heterocycles. The van der Waals surface area contributed by atoms with Gasteiger partial charge in [-0.25, -0.2) is 4.39 Å². The molecule has 2 N–H and O–H groups in total. The van der Waals surface area contributed by atoms with E-state index in [9.17, 15) is 4.39 Å². The Morgan fingerprint density at radius 2 is 2.15 bits per heavy atom. The van der Waals surface area contributed by atoms with Gasteiger partial charge < -0.3 is 15.5 Å². The van der Waals surface area contributed by atoms with E-state index in [4.69, 9.17) is 5.73 Å². The Morgan fingerprint density at radius 1 is 1.31 bits per heavy atom. The largest absolute Gasteiger partial charge is 0.383 e. The summed E-state index contributed by atoms with van der Waals surface area (Å²) >= 11 is 0. The fourth-order valence-electron chi connectivity index (χ4n) is 3.77. The van der Waals surface area contributed by atoms with Crippen molar-refractivity contribution in [2.24, 2.45) is 10.7 Å². The molecule has 2 fully saturated rings. The average Bonchev–Trinajstić information content (AvgIpc) is 3.35. The Balaban J connectivity index is 1.47. The predicted octanol–water partition coefficient (Wildman–Crippen LogP) is 3.39. The number of rotatable bonds is 6. The number of fused-ring (bicyclic) bond motifs is 1. The highest BCUT2D eigenvalue weighted by molar-refractivity contribution is 5.97. The van der Waals surface area contributed by atoms with Gasteiger partial charge in [0, 0.05) is 36.8 Å². The first-order chi connectivity index (χ1) is 12.7. The van der Waals surface area contributed by atoms with Crippen LogP contribution in [0.1, 0.15) is 43.7 Å². The van der Waals surface area contributed by atoms with Gasteiger partial charge in [0.1, 0.15) is 17.5 Å². The molecule has 138 valence electrons. The van der Waals surface area contributed by atoms with E-state index < -0.39 is 0 Å². The van der Waals surface area contributed by atoms with Crippen molar-refractivity contribution in [2.45, 2.75) is 51.2 Å². The second-order valence-corrected chi connectivity index (χ2v) is 7.43. The van der Waals surface area contributed by atoms with Crippen molar-refractivity contribution in [3.05, 3.63) is 59.2 Å². The Morgan fingerprint density at radius 3 is 2.88 bits per heavy atom. The molecule has 5 heteroatoms. The van der Waals surface area contributed by atoms with Gasteiger partial charge in [-0.1, -0.05) is 37.6 Å². The highest BCUT2D eigenvalue weighted by Gasteiger charge is 2.30. The topological polar surface area (TPSA) is 44.9 Å². The maximum absolute atomic E-state index is 14.7. The zero-order valence-electron chi connectivity index (χ0n) is 15.4. The van der Waals surface area contributed by atoms with Crippen LogP contribution < -0.4 is 5.73 Å². The third-order valence-electron chi connectivity index (χ3n) is 5.37. The molecule has 1 aliphatic carbocycles. The number of benzene rings is 1. The standard InChI is InChI=1S/C21H27FN4/c1-2-4-18-5-3-6-20-25(11-12-26(18)20)14-16-8-7-15(13-19(16)22)21(23)24-17-9-10-17/h3,5-8,13,17-18H,2,4,9-12,14H2,1H3,(H2,23,24). The lowest BCUT2D eigenvalue weighted by Gasteiger charge is -2.32. The summed E-state index contributed by atoms with van der Waals surface area (Å²) in [6.07, 6.45) is 11.1. The molecule has 0 bridgehead atoms. The van der Waals surface area contributed by atoms with Gasteiger partial charge in [0.05, 0.1) is 6.04 Å². The maximum Gasteiger partial charge on any atom is 0.128 e. The lowest BCUT2D eigenvalue weighted by Crippen LogP contribution is -2.33. The van der Waals surface area contributed by atoms with Gasteiger partial charge >= 0.3 is 0 Å². The van der Waals surface area contributed by atoms with Gasteiger partial charge in [0.25, 0.3) is 0 Å². The Bertz CT molecular complexity index is 763. The van der Waals surface area contributed by atoms with E-state index in [0.717, 1.165) is 32.4 Å². The molecular weight excluding hydrogens is 327 g/mol. The predicted molar refractivity (Wildman–Crippen MR) is 103 cm³/mol. The fourth-order valence-corrected chi connectivity index (χ4v) is 3.77. The third kappa shape index (κ3) is 3.48. The molecular formula is C21H27FN4. The molecule has 26 heavy (non-hydrogen) atoms. The molecule has 0 spiro atoms. The minimum absolute atomic E-state index is 0.202. The van der Waals surface area contributed by atoms with Crippen LogP contribution in [0.5, 0.6) is 0 Å². The molecule has 4 rings (SSSR count). The summed E-state index contributed by atoms with van der Waals surface area (Å²) in [4.78, 5) is 9.12. The van der Waals surface area contributed by atoms with E-state index in [1.54, 1.807) is 0 Å². The quantitative estimate of drug-likeness (QED) is 0.629. The van der Waals surface area contributed by atoms with Crippen molar-refractivity contribution in [2.75, 3.05) is 13.1 Å². The first kappa shape index (κ1) is 17.1. The lowest BCUT2D eigenvalue weighted by atomic mass is 10.1. The molecule has 0 aromatic heterocycles.